The van der Waals surface area contributed by atoms with Crippen molar-refractivity contribution in [3.63, 3.8) is 0 Å². The molecule has 0 aliphatic heterocycles. The third-order valence-electron chi connectivity index (χ3n) is 4.87. The summed E-state index contributed by atoms with van der Waals surface area (Å²) in [7, 11) is 2.91. The number of carbonyl (C=O) groups is 2. The van der Waals surface area contributed by atoms with Crippen molar-refractivity contribution in [3.8, 4) is 0 Å². The molecule has 3 N–H and O–H groups in total. The van der Waals surface area contributed by atoms with Gasteiger partial charge in [-0.2, -0.15) is 0 Å². The second-order valence-electron chi connectivity index (χ2n) is 7.08. The number of nitrogens with zero attached hydrogens (tertiary/aromatic N) is 3. The summed E-state index contributed by atoms with van der Waals surface area (Å²) in [6, 6.07) is 8.12. The standard InChI is InChI=1S/C20H24N6O4/c1-12(19(29)21-11-13-10-18(28)26(3)20(30)25(13)2)22-17(27)9-8-16-23-14-6-4-5-7-15(14)24-16/h4-7,10,12H,8-9,11H2,1-3H3,(H,21,29)(H,22,27)(H,23,24). The smallest absolute Gasteiger partial charge is 0.330 e. The Morgan fingerprint density at radius 1 is 1.17 bits per heavy atom. The molecule has 2 amide bonds. The van der Waals surface area contributed by atoms with E-state index >= 15 is 0 Å². The van der Waals surface area contributed by atoms with Crippen molar-refractivity contribution >= 4 is 22.8 Å². The lowest BCUT2D eigenvalue weighted by atomic mass is 10.2. The van der Waals surface area contributed by atoms with E-state index in [0.29, 0.717) is 17.9 Å². The fourth-order valence-electron chi connectivity index (χ4n) is 3.01. The normalized spacial score (nSPS) is 12.0. The van der Waals surface area contributed by atoms with Crippen LogP contribution < -0.4 is 21.9 Å². The summed E-state index contributed by atoms with van der Waals surface area (Å²) < 4.78 is 2.27. The van der Waals surface area contributed by atoms with Crippen LogP contribution in [0.4, 0.5) is 0 Å². The maximum Gasteiger partial charge on any atom is 0.330 e. The van der Waals surface area contributed by atoms with Crippen molar-refractivity contribution in [1.82, 2.24) is 29.7 Å². The van der Waals surface area contributed by atoms with Crippen molar-refractivity contribution in [3.05, 3.63) is 62.7 Å². The van der Waals surface area contributed by atoms with Crippen molar-refractivity contribution < 1.29 is 9.59 Å². The third-order valence-corrected chi connectivity index (χ3v) is 4.87. The number of amides is 2. The monoisotopic (exact) mass is 412 g/mol. The lowest BCUT2D eigenvalue weighted by molar-refractivity contribution is -0.128. The molecule has 0 fully saturated rings. The molecule has 1 unspecified atom stereocenters. The van der Waals surface area contributed by atoms with Crippen molar-refractivity contribution in [2.45, 2.75) is 32.4 Å². The molecule has 0 radical (unpaired) electrons. The molecule has 30 heavy (non-hydrogen) atoms. The maximum absolute atomic E-state index is 12.3. The van der Waals surface area contributed by atoms with Crippen LogP contribution in [0.3, 0.4) is 0 Å². The van der Waals surface area contributed by atoms with Crippen LogP contribution in [-0.4, -0.2) is 37.0 Å². The number of nitrogens with one attached hydrogen (secondary N) is 3. The Labute approximate surface area is 171 Å². The molecule has 0 saturated carbocycles. The number of fused-ring (bicyclic) bond motifs is 1. The van der Waals surface area contributed by atoms with Gasteiger partial charge in [0.2, 0.25) is 11.8 Å². The number of benzene rings is 1. The van der Waals surface area contributed by atoms with Crippen LogP contribution in [0.1, 0.15) is 24.9 Å². The largest absolute Gasteiger partial charge is 0.349 e. The summed E-state index contributed by atoms with van der Waals surface area (Å²) in [6.45, 7) is 1.57. The molecule has 0 aliphatic rings. The molecule has 0 bridgehead atoms. The summed E-state index contributed by atoms with van der Waals surface area (Å²) >= 11 is 0. The van der Waals surface area contributed by atoms with Crippen LogP contribution in [0.5, 0.6) is 0 Å². The van der Waals surface area contributed by atoms with E-state index in [2.05, 4.69) is 20.6 Å². The average Bonchev–Trinajstić information content (AvgIpc) is 3.15. The number of para-hydroxylation sites is 2. The van der Waals surface area contributed by atoms with Gasteiger partial charge >= 0.3 is 5.69 Å². The van der Waals surface area contributed by atoms with Crippen LogP contribution in [0.15, 0.2) is 39.9 Å². The molecule has 10 nitrogen and oxygen atoms in total. The zero-order valence-corrected chi connectivity index (χ0v) is 17.1. The van der Waals surface area contributed by atoms with Crippen molar-refractivity contribution in [2.24, 2.45) is 14.1 Å². The van der Waals surface area contributed by atoms with Gasteiger partial charge in [0, 0.05) is 38.7 Å². The highest BCUT2D eigenvalue weighted by atomic mass is 16.2. The molecule has 3 aromatic rings. The highest BCUT2D eigenvalue weighted by Gasteiger charge is 2.16. The van der Waals surface area contributed by atoms with Crippen LogP contribution in [-0.2, 0) is 36.6 Å². The summed E-state index contributed by atoms with van der Waals surface area (Å²) in [5.41, 5.74) is 1.20. The second kappa shape index (κ2) is 8.76. The molecule has 0 spiro atoms. The topological polar surface area (TPSA) is 131 Å². The molecular formula is C20H24N6O4. The Hall–Kier alpha value is -3.69. The molecule has 0 saturated heterocycles. The lowest BCUT2D eigenvalue weighted by Crippen LogP contribution is -2.45. The maximum atomic E-state index is 12.3. The fraction of sp³-hybridized carbons (Fsp3) is 0.350. The van der Waals surface area contributed by atoms with E-state index in [1.165, 1.54) is 24.7 Å². The van der Waals surface area contributed by atoms with Crippen molar-refractivity contribution in [2.75, 3.05) is 0 Å². The molecule has 158 valence electrons. The zero-order chi connectivity index (χ0) is 21.8. The van der Waals surface area contributed by atoms with Crippen molar-refractivity contribution in [1.29, 1.82) is 0 Å². The van der Waals surface area contributed by atoms with Gasteiger partial charge in [0.05, 0.1) is 17.6 Å². The highest BCUT2D eigenvalue weighted by molar-refractivity contribution is 5.87. The molecule has 2 heterocycles. The number of hydrogen-bond acceptors (Lipinski definition) is 5. The molecular weight excluding hydrogens is 388 g/mol. The molecule has 2 aromatic heterocycles. The molecule has 1 atom stereocenters. The van der Waals surface area contributed by atoms with Gasteiger partial charge in [-0.25, -0.2) is 9.78 Å². The minimum atomic E-state index is -0.767. The Morgan fingerprint density at radius 2 is 1.90 bits per heavy atom. The van der Waals surface area contributed by atoms with Gasteiger partial charge < -0.3 is 15.6 Å². The van der Waals surface area contributed by atoms with Gasteiger partial charge in [0.25, 0.3) is 5.56 Å². The second-order valence-corrected chi connectivity index (χ2v) is 7.08. The van der Waals surface area contributed by atoms with Crippen LogP contribution >= 0.6 is 0 Å². The van der Waals surface area contributed by atoms with Gasteiger partial charge in [0.1, 0.15) is 11.9 Å². The van der Waals surface area contributed by atoms with Gasteiger partial charge in [-0.15, -0.1) is 0 Å². The SMILES string of the molecule is CC(NC(=O)CCc1nc2ccccc2[nH]1)C(=O)NCc1cc(=O)n(C)c(=O)n1C. The highest BCUT2D eigenvalue weighted by Crippen LogP contribution is 2.11. The number of H-pyrrole nitrogens is 1. The van der Waals surface area contributed by atoms with Gasteiger partial charge in [-0.3, -0.25) is 23.5 Å². The van der Waals surface area contributed by atoms with E-state index in [4.69, 9.17) is 0 Å². The Morgan fingerprint density at radius 3 is 2.63 bits per heavy atom. The Balaban J connectivity index is 1.50. The molecule has 10 heteroatoms. The van der Waals surface area contributed by atoms with Gasteiger partial charge in [0.15, 0.2) is 0 Å². The van der Waals surface area contributed by atoms with E-state index in [-0.39, 0.29) is 18.9 Å². The van der Waals surface area contributed by atoms with E-state index in [0.717, 1.165) is 15.6 Å². The fourth-order valence-corrected chi connectivity index (χ4v) is 3.01. The number of hydrogen-bond donors (Lipinski definition) is 3. The average molecular weight is 412 g/mol. The predicted octanol–water partition coefficient (Wildman–Crippen LogP) is -0.286. The zero-order valence-electron chi connectivity index (χ0n) is 17.1. The van der Waals surface area contributed by atoms with Gasteiger partial charge in [-0.05, 0) is 19.1 Å². The first kappa shape index (κ1) is 21.0. The quantitative estimate of drug-likeness (QED) is 0.491. The summed E-state index contributed by atoms with van der Waals surface area (Å²) in [5, 5.41) is 5.27. The summed E-state index contributed by atoms with van der Waals surface area (Å²) in [4.78, 5) is 55.7. The Bertz CT molecular complexity index is 1170. The molecule has 1 aromatic carbocycles. The number of imidazole rings is 1. The minimum Gasteiger partial charge on any atom is -0.349 e. The molecule has 0 aliphatic carbocycles. The molecule has 3 rings (SSSR count). The van der Waals surface area contributed by atoms with E-state index in [1.54, 1.807) is 6.92 Å². The van der Waals surface area contributed by atoms with E-state index in [9.17, 15) is 19.2 Å². The minimum absolute atomic E-state index is 0.000150. The van der Waals surface area contributed by atoms with Crippen LogP contribution in [0.2, 0.25) is 0 Å². The third kappa shape index (κ3) is 4.65. The van der Waals surface area contributed by atoms with Crippen LogP contribution in [0, 0.1) is 0 Å². The number of aromatic nitrogens is 4. The van der Waals surface area contributed by atoms with Crippen LogP contribution in [0.25, 0.3) is 11.0 Å². The summed E-state index contributed by atoms with van der Waals surface area (Å²) in [6.07, 6.45) is 0.602. The number of carbonyl (C=O) groups excluding carboxylic acids is 2. The first-order valence-electron chi connectivity index (χ1n) is 9.53. The lowest BCUT2D eigenvalue weighted by Gasteiger charge is -2.15. The predicted molar refractivity (Wildman–Crippen MR) is 111 cm³/mol. The summed E-state index contributed by atoms with van der Waals surface area (Å²) in [5.74, 6) is 0.00864. The van der Waals surface area contributed by atoms with E-state index in [1.807, 2.05) is 24.3 Å². The number of aromatic amines is 1. The van der Waals surface area contributed by atoms with Gasteiger partial charge in [-0.1, -0.05) is 12.1 Å². The Kier molecular flexibility index (Phi) is 6.14. The first-order chi connectivity index (χ1) is 14.3. The van der Waals surface area contributed by atoms with E-state index < -0.39 is 23.2 Å². The number of aryl methyl sites for hydroxylation is 1. The number of rotatable bonds is 7. The first-order valence-corrected chi connectivity index (χ1v) is 9.53.